The average Bonchev–Trinajstić information content (AvgIpc) is 2.34. The smallest absolute Gasteiger partial charge is 0.282 e. The standard InChI is InChI=1S/C13H11NO4S/c1-9-2-5-11(6-3-9)19(17,18)14-12-8-10(15)4-7-13(12)16/h2-7H,8H2,1H3. The van der Waals surface area contributed by atoms with Crippen LogP contribution in [0, 0.1) is 6.92 Å². The third-order valence-electron chi connectivity index (χ3n) is 2.60. The first-order chi connectivity index (χ1) is 8.88. The van der Waals surface area contributed by atoms with Crippen LogP contribution in [0.4, 0.5) is 0 Å². The van der Waals surface area contributed by atoms with Crippen molar-refractivity contribution in [1.29, 1.82) is 0 Å². The molecule has 0 aliphatic heterocycles. The van der Waals surface area contributed by atoms with Gasteiger partial charge in [0.05, 0.1) is 11.3 Å². The summed E-state index contributed by atoms with van der Waals surface area (Å²) < 4.78 is 27.4. The number of sulfonamides is 1. The Balaban J connectivity index is 2.41. The molecule has 0 N–H and O–H groups in total. The van der Waals surface area contributed by atoms with Crippen molar-refractivity contribution in [3.05, 3.63) is 42.0 Å². The monoisotopic (exact) mass is 277 g/mol. The number of rotatable bonds is 2. The number of carbonyl (C=O) groups is 2. The van der Waals surface area contributed by atoms with Gasteiger partial charge in [0.1, 0.15) is 5.71 Å². The van der Waals surface area contributed by atoms with Gasteiger partial charge in [-0.25, -0.2) is 0 Å². The minimum Gasteiger partial charge on any atom is -0.294 e. The first-order valence-electron chi connectivity index (χ1n) is 5.54. The highest BCUT2D eigenvalue weighted by atomic mass is 32.2. The molecule has 0 bridgehead atoms. The van der Waals surface area contributed by atoms with E-state index in [1.165, 1.54) is 12.1 Å². The zero-order chi connectivity index (χ0) is 14.0. The molecule has 1 aliphatic rings. The van der Waals surface area contributed by atoms with Gasteiger partial charge in [-0.3, -0.25) is 9.59 Å². The van der Waals surface area contributed by atoms with E-state index in [2.05, 4.69) is 4.40 Å². The van der Waals surface area contributed by atoms with Crippen molar-refractivity contribution in [3.63, 3.8) is 0 Å². The molecule has 0 amide bonds. The fourth-order valence-electron chi connectivity index (χ4n) is 1.56. The molecule has 0 spiro atoms. The van der Waals surface area contributed by atoms with Crippen molar-refractivity contribution in [1.82, 2.24) is 0 Å². The molecule has 0 unspecified atom stereocenters. The quantitative estimate of drug-likeness (QED) is 0.814. The van der Waals surface area contributed by atoms with E-state index in [1.54, 1.807) is 12.1 Å². The normalized spacial score (nSPS) is 18.1. The highest BCUT2D eigenvalue weighted by Crippen LogP contribution is 2.15. The van der Waals surface area contributed by atoms with Gasteiger partial charge in [0.2, 0.25) is 5.78 Å². The number of aryl methyl sites for hydroxylation is 1. The van der Waals surface area contributed by atoms with E-state index in [9.17, 15) is 18.0 Å². The SMILES string of the molecule is Cc1ccc(S(=O)(=O)N=C2CC(=O)C=CC2=O)cc1. The molecule has 1 aromatic rings. The first kappa shape index (κ1) is 13.4. The molecule has 0 atom stereocenters. The molecular formula is C13H11NO4S. The van der Waals surface area contributed by atoms with Crippen molar-refractivity contribution in [2.75, 3.05) is 0 Å². The van der Waals surface area contributed by atoms with E-state index in [0.717, 1.165) is 17.7 Å². The second-order valence-electron chi connectivity index (χ2n) is 4.17. The number of ketones is 2. The summed E-state index contributed by atoms with van der Waals surface area (Å²) >= 11 is 0. The zero-order valence-electron chi connectivity index (χ0n) is 10.2. The van der Waals surface area contributed by atoms with Crippen LogP contribution in [0.3, 0.4) is 0 Å². The lowest BCUT2D eigenvalue weighted by molar-refractivity contribution is -0.116. The van der Waals surface area contributed by atoms with Gasteiger partial charge in [0, 0.05) is 0 Å². The second kappa shape index (κ2) is 4.89. The number of hydrogen-bond acceptors (Lipinski definition) is 4. The van der Waals surface area contributed by atoms with Gasteiger partial charge >= 0.3 is 0 Å². The number of carbonyl (C=O) groups excluding carboxylic acids is 2. The Labute approximate surface area is 110 Å². The van der Waals surface area contributed by atoms with Crippen molar-refractivity contribution in [3.8, 4) is 0 Å². The van der Waals surface area contributed by atoms with Crippen molar-refractivity contribution in [2.24, 2.45) is 4.40 Å². The van der Waals surface area contributed by atoms with Crippen LogP contribution < -0.4 is 0 Å². The molecule has 0 saturated heterocycles. The number of hydrogen-bond donors (Lipinski definition) is 0. The van der Waals surface area contributed by atoms with E-state index in [-0.39, 0.29) is 22.8 Å². The molecule has 0 fully saturated rings. The van der Waals surface area contributed by atoms with E-state index in [4.69, 9.17) is 0 Å². The maximum absolute atomic E-state index is 12.0. The molecule has 6 heteroatoms. The van der Waals surface area contributed by atoms with E-state index in [0.29, 0.717) is 0 Å². The molecule has 0 radical (unpaired) electrons. The summed E-state index contributed by atoms with van der Waals surface area (Å²) in [5.74, 6) is -0.882. The minimum absolute atomic E-state index is 0.000372. The molecular weight excluding hydrogens is 266 g/mol. The highest BCUT2D eigenvalue weighted by molar-refractivity contribution is 7.90. The second-order valence-corrected chi connectivity index (χ2v) is 5.77. The lowest BCUT2D eigenvalue weighted by Crippen LogP contribution is -2.21. The van der Waals surface area contributed by atoms with E-state index in [1.807, 2.05) is 6.92 Å². The summed E-state index contributed by atoms with van der Waals surface area (Å²) in [6.07, 6.45) is 1.88. The third kappa shape index (κ3) is 3.03. The Kier molecular flexibility index (Phi) is 3.44. The predicted octanol–water partition coefficient (Wildman–Crippen LogP) is 1.22. The van der Waals surface area contributed by atoms with Gasteiger partial charge in [-0.05, 0) is 31.2 Å². The molecule has 0 heterocycles. The molecule has 1 aliphatic carbocycles. The Morgan fingerprint density at radius 2 is 1.68 bits per heavy atom. The van der Waals surface area contributed by atoms with Crippen LogP contribution in [-0.2, 0) is 19.6 Å². The van der Waals surface area contributed by atoms with Crippen LogP contribution >= 0.6 is 0 Å². The summed E-state index contributed by atoms with van der Waals surface area (Å²) in [5, 5.41) is 0. The van der Waals surface area contributed by atoms with Gasteiger partial charge in [-0.2, -0.15) is 12.8 Å². The third-order valence-corrected chi connectivity index (χ3v) is 3.92. The summed E-state index contributed by atoms with van der Waals surface area (Å²) in [7, 11) is -3.95. The van der Waals surface area contributed by atoms with Crippen molar-refractivity contribution in [2.45, 2.75) is 18.2 Å². The Hall–Kier alpha value is -2.08. The maximum atomic E-state index is 12.0. The molecule has 0 saturated carbocycles. The average molecular weight is 277 g/mol. The molecule has 2 rings (SSSR count). The lowest BCUT2D eigenvalue weighted by atomic mass is 10.0. The van der Waals surface area contributed by atoms with Crippen LogP contribution in [0.15, 0.2) is 45.7 Å². The van der Waals surface area contributed by atoms with E-state index >= 15 is 0 Å². The van der Waals surface area contributed by atoms with Crippen molar-refractivity contribution >= 4 is 27.3 Å². The minimum atomic E-state index is -3.95. The summed E-state index contributed by atoms with van der Waals surface area (Å²) in [6.45, 7) is 1.83. The fraction of sp³-hybridized carbons (Fsp3) is 0.154. The molecule has 98 valence electrons. The van der Waals surface area contributed by atoms with Crippen molar-refractivity contribution < 1.29 is 18.0 Å². The predicted molar refractivity (Wildman–Crippen MR) is 69.6 cm³/mol. The summed E-state index contributed by atoms with van der Waals surface area (Å²) in [6, 6.07) is 6.11. The number of allylic oxidation sites excluding steroid dienone is 2. The van der Waals surface area contributed by atoms with Gasteiger partial charge < -0.3 is 0 Å². The molecule has 19 heavy (non-hydrogen) atoms. The van der Waals surface area contributed by atoms with Gasteiger partial charge in [-0.15, -0.1) is 0 Å². The topological polar surface area (TPSA) is 80.6 Å². The van der Waals surface area contributed by atoms with Crippen LogP contribution in [0.5, 0.6) is 0 Å². The first-order valence-corrected chi connectivity index (χ1v) is 6.98. The van der Waals surface area contributed by atoms with Crippen LogP contribution in [0.25, 0.3) is 0 Å². The number of benzene rings is 1. The van der Waals surface area contributed by atoms with Gasteiger partial charge in [-0.1, -0.05) is 17.7 Å². The van der Waals surface area contributed by atoms with Crippen LogP contribution in [0.1, 0.15) is 12.0 Å². The van der Waals surface area contributed by atoms with Gasteiger partial charge in [0.15, 0.2) is 5.78 Å². The fourth-order valence-corrected chi connectivity index (χ4v) is 2.59. The Morgan fingerprint density at radius 1 is 1.05 bits per heavy atom. The zero-order valence-corrected chi connectivity index (χ0v) is 11.0. The Bertz CT molecular complexity index is 697. The summed E-state index contributed by atoms with van der Waals surface area (Å²) in [4.78, 5) is 22.6. The molecule has 1 aromatic carbocycles. The van der Waals surface area contributed by atoms with Gasteiger partial charge in [0.25, 0.3) is 10.0 Å². The maximum Gasteiger partial charge on any atom is 0.282 e. The highest BCUT2D eigenvalue weighted by Gasteiger charge is 2.22. The van der Waals surface area contributed by atoms with Crippen LogP contribution in [0.2, 0.25) is 0 Å². The molecule has 0 aromatic heterocycles. The molecule has 5 nitrogen and oxygen atoms in total. The summed E-state index contributed by atoms with van der Waals surface area (Å²) in [5.41, 5.74) is 0.673. The number of nitrogens with zero attached hydrogens (tertiary/aromatic N) is 1. The van der Waals surface area contributed by atoms with Crippen LogP contribution in [-0.4, -0.2) is 25.7 Å². The largest absolute Gasteiger partial charge is 0.294 e. The lowest BCUT2D eigenvalue weighted by Gasteiger charge is -2.06. The van der Waals surface area contributed by atoms with E-state index < -0.39 is 15.8 Å². The Morgan fingerprint density at radius 3 is 2.32 bits per heavy atom.